The Labute approximate surface area is 232 Å². The van der Waals surface area contributed by atoms with Crippen molar-refractivity contribution >= 4 is 37.6 Å². The molecule has 0 fully saturated rings. The second kappa shape index (κ2) is 10.4. The predicted molar refractivity (Wildman–Crippen MR) is 158 cm³/mol. The molecule has 0 aliphatic heterocycles. The van der Waals surface area contributed by atoms with Crippen LogP contribution >= 0.6 is 0 Å². The van der Waals surface area contributed by atoms with E-state index in [4.69, 9.17) is 4.74 Å². The first-order chi connectivity index (χ1) is 19.4. The van der Waals surface area contributed by atoms with Crippen LogP contribution in [0.25, 0.3) is 43.8 Å². The predicted octanol–water partition coefficient (Wildman–Crippen LogP) is 8.07. The number of hydrogen-bond donors (Lipinski definition) is 1. The molecule has 0 amide bonds. The van der Waals surface area contributed by atoms with Crippen molar-refractivity contribution in [3.05, 3.63) is 145 Å². The molecular weight excluding hydrogens is 520 g/mol. The Balaban J connectivity index is 1.58. The summed E-state index contributed by atoms with van der Waals surface area (Å²) in [6.07, 6.45) is 0. The van der Waals surface area contributed by atoms with Crippen LogP contribution in [0.5, 0.6) is 0 Å². The third-order valence-corrected chi connectivity index (χ3v) is 7.84. The van der Waals surface area contributed by atoms with Crippen LogP contribution in [0.3, 0.4) is 0 Å². The van der Waals surface area contributed by atoms with Crippen molar-refractivity contribution in [1.29, 1.82) is 0 Å². The summed E-state index contributed by atoms with van der Waals surface area (Å²) in [6.45, 7) is 0. The Bertz CT molecular complexity index is 1970. The molecule has 0 aliphatic rings. The molecule has 6 rings (SSSR count). The maximum atomic E-state index is 14.2. The van der Waals surface area contributed by atoms with E-state index < -0.39 is 21.5 Å². The summed E-state index contributed by atoms with van der Waals surface area (Å²) in [5.41, 5.74) is 1.21. The fourth-order valence-electron chi connectivity index (χ4n) is 5.12. The van der Waals surface area contributed by atoms with Crippen molar-refractivity contribution in [2.24, 2.45) is 0 Å². The van der Waals surface area contributed by atoms with Gasteiger partial charge in [0.15, 0.2) is 0 Å². The minimum Gasteiger partial charge on any atom is -0.435 e. The highest BCUT2D eigenvalue weighted by Crippen LogP contribution is 2.40. The van der Waals surface area contributed by atoms with Crippen molar-refractivity contribution in [1.82, 2.24) is 0 Å². The summed E-state index contributed by atoms with van der Waals surface area (Å²) in [5.74, 6) is -0.862. The molecule has 6 aromatic rings. The van der Waals surface area contributed by atoms with E-state index in [0.29, 0.717) is 11.1 Å². The highest BCUT2D eigenvalue weighted by atomic mass is 32.2. The van der Waals surface area contributed by atoms with Crippen LogP contribution in [0, 0.1) is 0 Å². The Morgan fingerprint density at radius 3 is 1.88 bits per heavy atom. The van der Waals surface area contributed by atoms with Crippen LogP contribution in [0.4, 0.5) is 0 Å². The molecule has 6 heteroatoms. The molecule has 6 aromatic carbocycles. The van der Waals surface area contributed by atoms with Gasteiger partial charge < -0.3 is 4.74 Å². The van der Waals surface area contributed by atoms with Gasteiger partial charge in [-0.15, -0.1) is 0 Å². The lowest BCUT2D eigenvalue weighted by molar-refractivity contribution is 0.0430. The first-order valence-corrected chi connectivity index (χ1v) is 14.2. The molecule has 1 atom stereocenters. The lowest BCUT2D eigenvalue weighted by Crippen LogP contribution is -2.21. The summed E-state index contributed by atoms with van der Waals surface area (Å²) in [7, 11) is -4.83. The van der Waals surface area contributed by atoms with Gasteiger partial charge in [0.25, 0.3) is 5.44 Å². The third kappa shape index (κ3) is 4.86. The molecule has 0 heterocycles. The van der Waals surface area contributed by atoms with E-state index in [-0.39, 0.29) is 11.1 Å². The average Bonchev–Trinajstić information content (AvgIpc) is 2.99. The molecule has 1 unspecified atom stereocenters. The van der Waals surface area contributed by atoms with Gasteiger partial charge in [0.05, 0.1) is 5.56 Å². The second-order valence-electron chi connectivity index (χ2n) is 9.49. The van der Waals surface area contributed by atoms with Crippen LogP contribution in [0.1, 0.15) is 21.4 Å². The molecule has 40 heavy (non-hydrogen) atoms. The number of carbonyl (C=O) groups is 1. The highest BCUT2D eigenvalue weighted by molar-refractivity contribution is 7.85. The molecule has 0 aromatic heterocycles. The minimum absolute atomic E-state index is 0.151. The zero-order chi connectivity index (χ0) is 27.7. The van der Waals surface area contributed by atoms with E-state index in [9.17, 15) is 17.8 Å². The molecule has 0 saturated carbocycles. The van der Waals surface area contributed by atoms with Crippen LogP contribution in [-0.2, 0) is 14.9 Å². The molecular formula is C34H24O5S. The lowest BCUT2D eigenvalue weighted by Gasteiger charge is -2.21. The van der Waals surface area contributed by atoms with Gasteiger partial charge in [0, 0.05) is 11.1 Å². The normalized spacial score (nSPS) is 12.3. The SMILES string of the molecule is O=C(OC(c1ccc2ccccc2c1)S(=O)(=O)O)c1c(-c2ccccc2)cc2ccccc2c1-c1ccccc1. The minimum atomic E-state index is -4.83. The van der Waals surface area contributed by atoms with E-state index in [1.165, 1.54) is 0 Å². The Morgan fingerprint density at radius 2 is 1.20 bits per heavy atom. The van der Waals surface area contributed by atoms with Crippen molar-refractivity contribution < 1.29 is 22.5 Å². The lowest BCUT2D eigenvalue weighted by atomic mass is 9.87. The number of rotatable bonds is 6. The maximum Gasteiger partial charge on any atom is 0.341 e. The van der Waals surface area contributed by atoms with Crippen LogP contribution in [0.15, 0.2) is 133 Å². The fraction of sp³-hybridized carbons (Fsp3) is 0.0294. The van der Waals surface area contributed by atoms with Gasteiger partial charge in [-0.2, -0.15) is 8.42 Å². The van der Waals surface area contributed by atoms with Crippen molar-refractivity contribution in [3.8, 4) is 22.3 Å². The Morgan fingerprint density at radius 1 is 0.625 bits per heavy atom. The first kappa shape index (κ1) is 25.5. The number of benzene rings is 6. The summed E-state index contributed by atoms with van der Waals surface area (Å²) >= 11 is 0. The van der Waals surface area contributed by atoms with E-state index in [0.717, 1.165) is 32.7 Å². The van der Waals surface area contributed by atoms with Crippen LogP contribution in [-0.4, -0.2) is 18.9 Å². The molecule has 0 saturated heterocycles. The number of esters is 1. The van der Waals surface area contributed by atoms with Crippen molar-refractivity contribution in [2.45, 2.75) is 5.44 Å². The third-order valence-electron chi connectivity index (χ3n) is 6.93. The zero-order valence-corrected chi connectivity index (χ0v) is 22.1. The molecule has 196 valence electrons. The van der Waals surface area contributed by atoms with Gasteiger partial charge >= 0.3 is 16.1 Å². The average molecular weight is 545 g/mol. The fourth-order valence-corrected chi connectivity index (χ4v) is 5.82. The summed E-state index contributed by atoms with van der Waals surface area (Å²) in [4.78, 5) is 14.2. The first-order valence-electron chi connectivity index (χ1n) is 12.7. The van der Waals surface area contributed by atoms with Crippen LogP contribution < -0.4 is 0 Å². The summed E-state index contributed by atoms with van der Waals surface area (Å²) < 4.78 is 41.2. The number of hydrogen-bond acceptors (Lipinski definition) is 4. The Hall–Kier alpha value is -4.78. The van der Waals surface area contributed by atoms with Crippen molar-refractivity contribution in [2.75, 3.05) is 0 Å². The standard InChI is InChI=1S/C34H24O5S/c35-33(39-34(40(36,37)38)28-20-19-23-11-7-8-16-26(23)21-28)32-30(24-12-3-1-4-13-24)22-27-17-9-10-18-29(27)31(32)25-14-5-2-6-15-25/h1-22,34H,(H,36,37,38). The van der Waals surface area contributed by atoms with Gasteiger partial charge in [-0.25, -0.2) is 4.79 Å². The van der Waals surface area contributed by atoms with Gasteiger partial charge in [0.2, 0.25) is 0 Å². The van der Waals surface area contributed by atoms with Crippen molar-refractivity contribution in [3.63, 3.8) is 0 Å². The maximum absolute atomic E-state index is 14.2. The Kier molecular flexibility index (Phi) is 6.64. The number of fused-ring (bicyclic) bond motifs is 2. The highest BCUT2D eigenvalue weighted by Gasteiger charge is 2.32. The summed E-state index contributed by atoms with van der Waals surface area (Å²) in [5, 5.41) is 3.37. The van der Waals surface area contributed by atoms with E-state index in [1.807, 2.05) is 115 Å². The number of ether oxygens (including phenoxy) is 1. The zero-order valence-electron chi connectivity index (χ0n) is 21.3. The molecule has 0 spiro atoms. The van der Waals surface area contributed by atoms with Gasteiger partial charge in [-0.05, 0) is 50.4 Å². The monoisotopic (exact) mass is 544 g/mol. The van der Waals surface area contributed by atoms with Gasteiger partial charge in [0.1, 0.15) is 0 Å². The van der Waals surface area contributed by atoms with E-state index in [2.05, 4.69) is 0 Å². The molecule has 0 aliphatic carbocycles. The quantitative estimate of drug-likeness (QED) is 0.169. The number of carbonyl (C=O) groups excluding carboxylic acids is 1. The molecule has 1 N–H and O–H groups in total. The topological polar surface area (TPSA) is 80.7 Å². The van der Waals surface area contributed by atoms with Crippen LogP contribution in [0.2, 0.25) is 0 Å². The smallest absolute Gasteiger partial charge is 0.341 e. The molecule has 0 radical (unpaired) electrons. The van der Waals surface area contributed by atoms with E-state index in [1.54, 1.807) is 18.2 Å². The molecule has 5 nitrogen and oxygen atoms in total. The van der Waals surface area contributed by atoms with E-state index >= 15 is 0 Å². The molecule has 0 bridgehead atoms. The van der Waals surface area contributed by atoms with Gasteiger partial charge in [-0.1, -0.05) is 121 Å². The largest absolute Gasteiger partial charge is 0.435 e. The summed E-state index contributed by atoms with van der Waals surface area (Å²) in [6, 6.07) is 40.8. The second-order valence-corrected chi connectivity index (χ2v) is 10.9. The van der Waals surface area contributed by atoms with Gasteiger partial charge in [-0.3, -0.25) is 4.55 Å².